The van der Waals surface area contributed by atoms with Crippen molar-refractivity contribution < 1.29 is 29.6 Å². The van der Waals surface area contributed by atoms with Crippen LogP contribution >= 0.6 is 0 Å². The van der Waals surface area contributed by atoms with Crippen LogP contribution in [0.3, 0.4) is 0 Å². The lowest BCUT2D eigenvalue weighted by atomic mass is 9.33. The molecule has 0 bridgehead atoms. The molecule has 0 heterocycles. The van der Waals surface area contributed by atoms with Crippen molar-refractivity contribution in [1.82, 2.24) is 0 Å². The van der Waals surface area contributed by atoms with Crippen molar-refractivity contribution in [3.05, 3.63) is 41.1 Å². The van der Waals surface area contributed by atoms with E-state index in [0.29, 0.717) is 12.1 Å². The van der Waals surface area contributed by atoms with Crippen LogP contribution in [0.1, 0.15) is 113 Å². The first-order valence-corrected chi connectivity index (χ1v) is 17.4. The summed E-state index contributed by atoms with van der Waals surface area (Å²) >= 11 is 0. The molecule has 0 radical (unpaired) electrons. The molecule has 46 heavy (non-hydrogen) atoms. The molecule has 0 saturated heterocycles. The Labute approximate surface area is 274 Å². The lowest BCUT2D eigenvalue weighted by molar-refractivity contribution is -0.990. The average Bonchev–Trinajstić information content (AvgIpc) is 2.96. The average molecular weight is 635 g/mol. The number of nitrogens with one attached hydrogen (secondary N) is 2. The highest BCUT2D eigenvalue weighted by atomic mass is 16.8. The number of quaternary nitrogens is 1. The minimum Gasteiger partial charge on any atom is -0.595 e. The first-order valence-electron chi connectivity index (χ1n) is 17.4. The summed E-state index contributed by atoms with van der Waals surface area (Å²) in [6.45, 7) is 17.5. The molecule has 5 aliphatic rings. The molecule has 10 unspecified atom stereocenters. The molecule has 1 aromatic rings. The minimum atomic E-state index is -1.07. The van der Waals surface area contributed by atoms with E-state index in [1.54, 1.807) is 18.2 Å². The van der Waals surface area contributed by atoms with Gasteiger partial charge in [-0.2, -0.15) is 5.23 Å². The quantitative estimate of drug-likeness (QED) is 0.244. The van der Waals surface area contributed by atoms with Crippen LogP contribution < -0.4 is 10.5 Å². The highest BCUT2D eigenvalue weighted by Crippen LogP contribution is 2.75. The van der Waals surface area contributed by atoms with E-state index in [2.05, 4.69) is 46.9 Å². The van der Waals surface area contributed by atoms with Crippen molar-refractivity contribution in [1.29, 1.82) is 0 Å². The summed E-state index contributed by atoms with van der Waals surface area (Å²) in [5.41, 5.74) is 0.123. The molecule has 0 spiro atoms. The highest BCUT2D eigenvalue weighted by molar-refractivity contribution is 5.97. The zero-order chi connectivity index (χ0) is 33.7. The summed E-state index contributed by atoms with van der Waals surface area (Å²) in [5.74, 6) is 0.0973. The van der Waals surface area contributed by atoms with Gasteiger partial charge < -0.3 is 15.3 Å². The zero-order valence-electron chi connectivity index (χ0n) is 29.0. The second kappa shape index (κ2) is 10.7. The van der Waals surface area contributed by atoms with Gasteiger partial charge in [0.15, 0.2) is 11.5 Å². The number of hydrogen-bond donors (Lipinski definition) is 3. The Morgan fingerprint density at radius 1 is 0.957 bits per heavy atom. The van der Waals surface area contributed by atoms with E-state index in [9.17, 15) is 24.8 Å². The predicted octanol–water partition coefficient (Wildman–Crippen LogP) is 6.94. The van der Waals surface area contributed by atoms with Crippen LogP contribution in [0.5, 0.6) is 0 Å². The fourth-order valence-electron chi connectivity index (χ4n) is 11.8. The summed E-state index contributed by atoms with van der Waals surface area (Å²) < 4.78 is 5.86. The second-order valence-electron chi connectivity index (χ2n) is 17.5. The number of amides is 1. The first-order chi connectivity index (χ1) is 21.3. The van der Waals surface area contributed by atoms with Gasteiger partial charge >= 0.3 is 5.97 Å². The Kier molecular flexibility index (Phi) is 7.78. The molecule has 0 aromatic heterocycles. The SMILES string of the molecule is CC(=O)OC1CCC2(C)C(CCC3(C)C2C(=O)C=C2C4CC(C)(C(=O)Nc5ccccc5[NH+]([O-])O)CCC4(C)CCC23C)C1(C)C. The van der Waals surface area contributed by atoms with Gasteiger partial charge in [0, 0.05) is 29.7 Å². The fourth-order valence-corrected chi connectivity index (χ4v) is 11.8. The standard InChI is InChI=1S/C38H54N2O6/c1-23(41)46-30-14-15-36(6)29(33(30,2)3)13-16-38(8)31(36)28(42)21-24-25-22-35(5,18-17-34(25,4)19-20-37(24,38)7)32(43)39-26-11-9-10-12-27(26)40(44)45/h9-12,21,25,29-31,40,44H,13-20,22H2,1-8H3,(H,39,43). The largest absolute Gasteiger partial charge is 0.595 e. The van der Waals surface area contributed by atoms with Crippen LogP contribution in [0.2, 0.25) is 0 Å². The Hall–Kier alpha value is -2.55. The number of allylic oxidation sites excluding steroid dienone is 2. The maximum Gasteiger partial charge on any atom is 0.302 e. The van der Waals surface area contributed by atoms with E-state index in [4.69, 9.17) is 4.74 Å². The summed E-state index contributed by atoms with van der Waals surface area (Å²) in [7, 11) is 0. The maximum absolute atomic E-state index is 14.7. The number of hydrogen-bond acceptors (Lipinski definition) is 6. The van der Waals surface area contributed by atoms with Crippen molar-refractivity contribution in [2.75, 3.05) is 5.32 Å². The van der Waals surface area contributed by atoms with Crippen molar-refractivity contribution in [2.45, 2.75) is 119 Å². The van der Waals surface area contributed by atoms with Crippen LogP contribution in [0.15, 0.2) is 35.9 Å². The lowest BCUT2D eigenvalue weighted by Crippen LogP contribution is -2.99. The molecule has 1 aromatic carbocycles. The molecule has 8 nitrogen and oxygen atoms in total. The van der Waals surface area contributed by atoms with E-state index < -0.39 is 10.6 Å². The minimum absolute atomic E-state index is 0.00122. The Morgan fingerprint density at radius 3 is 2.30 bits per heavy atom. The van der Waals surface area contributed by atoms with Crippen LogP contribution in [0.25, 0.3) is 0 Å². The third-order valence-electron chi connectivity index (χ3n) is 14.8. The van der Waals surface area contributed by atoms with Crippen molar-refractivity contribution in [2.24, 2.45) is 50.2 Å². The Morgan fingerprint density at radius 2 is 1.63 bits per heavy atom. The maximum atomic E-state index is 14.7. The van der Waals surface area contributed by atoms with Gasteiger partial charge in [-0.15, -0.1) is 0 Å². The summed E-state index contributed by atoms with van der Waals surface area (Å²) in [6, 6.07) is 6.57. The van der Waals surface area contributed by atoms with Crippen molar-refractivity contribution in [3.63, 3.8) is 0 Å². The van der Waals surface area contributed by atoms with E-state index in [0.717, 1.165) is 51.4 Å². The number of rotatable bonds is 4. The predicted molar refractivity (Wildman–Crippen MR) is 176 cm³/mol. The smallest absolute Gasteiger partial charge is 0.302 e. The Bertz CT molecular complexity index is 1480. The van der Waals surface area contributed by atoms with Crippen molar-refractivity contribution in [3.8, 4) is 0 Å². The van der Waals surface area contributed by atoms with Crippen LogP contribution in [0, 0.1) is 55.5 Å². The number of esters is 1. The van der Waals surface area contributed by atoms with Gasteiger partial charge in [-0.05, 0) is 103 Å². The van der Waals surface area contributed by atoms with E-state index in [1.165, 1.54) is 18.6 Å². The summed E-state index contributed by atoms with van der Waals surface area (Å²) in [4.78, 5) is 40.7. The van der Waals surface area contributed by atoms with Crippen LogP contribution in [-0.4, -0.2) is 29.0 Å². The number of para-hydroxylation sites is 2. The highest BCUT2D eigenvalue weighted by Gasteiger charge is 2.70. The number of benzene rings is 1. The van der Waals surface area contributed by atoms with Gasteiger partial charge in [-0.1, -0.05) is 66.2 Å². The Balaban J connectivity index is 1.34. The number of anilines is 1. The van der Waals surface area contributed by atoms with Gasteiger partial charge in [0.1, 0.15) is 11.8 Å². The monoisotopic (exact) mass is 634 g/mol. The molecular weight excluding hydrogens is 580 g/mol. The molecule has 1 amide bonds. The lowest BCUT2D eigenvalue weighted by Gasteiger charge is -2.70. The van der Waals surface area contributed by atoms with Crippen LogP contribution in [0.4, 0.5) is 11.4 Å². The first kappa shape index (κ1) is 33.4. The molecule has 5 aliphatic carbocycles. The number of carbonyl (C=O) groups is 3. The zero-order valence-corrected chi connectivity index (χ0v) is 29.0. The van der Waals surface area contributed by atoms with Gasteiger partial charge in [0.25, 0.3) is 0 Å². The summed E-state index contributed by atoms with van der Waals surface area (Å²) in [5, 5.41) is 23.5. The van der Waals surface area contributed by atoms with Crippen molar-refractivity contribution >= 4 is 29.0 Å². The van der Waals surface area contributed by atoms with E-state index in [-0.39, 0.29) is 74.3 Å². The molecule has 4 saturated carbocycles. The molecule has 6 rings (SSSR count). The van der Waals surface area contributed by atoms with Gasteiger partial charge in [0.2, 0.25) is 5.91 Å². The molecule has 8 heteroatoms. The van der Waals surface area contributed by atoms with Gasteiger partial charge in [-0.25, -0.2) is 5.21 Å². The van der Waals surface area contributed by atoms with Gasteiger partial charge in [-0.3, -0.25) is 14.4 Å². The number of carbonyl (C=O) groups excluding carboxylic acids is 3. The third kappa shape index (κ3) is 4.67. The number of ketones is 1. The number of ether oxygens (including phenoxy) is 1. The fraction of sp³-hybridized carbons (Fsp3) is 0.711. The third-order valence-corrected chi connectivity index (χ3v) is 14.8. The normalized spacial score (nSPS) is 43.5. The molecular formula is C38H54N2O6. The second-order valence-corrected chi connectivity index (χ2v) is 17.5. The van der Waals surface area contributed by atoms with E-state index >= 15 is 0 Å². The number of fused-ring (bicyclic) bond motifs is 7. The van der Waals surface area contributed by atoms with E-state index in [1.807, 2.05) is 13.0 Å². The molecule has 0 aliphatic heterocycles. The molecule has 4 fully saturated rings. The molecule has 252 valence electrons. The molecule has 10 atom stereocenters. The van der Waals surface area contributed by atoms with Crippen LogP contribution in [-0.2, 0) is 19.1 Å². The topological polar surface area (TPSA) is 120 Å². The summed E-state index contributed by atoms with van der Waals surface area (Å²) in [6.07, 6.45) is 9.78. The molecule has 3 N–H and O–H groups in total. The van der Waals surface area contributed by atoms with Gasteiger partial charge in [0.05, 0.1) is 0 Å².